The number of hydrogen-bond acceptors (Lipinski definition) is 4. The molecule has 2 atom stereocenters. The summed E-state index contributed by atoms with van der Waals surface area (Å²) < 4.78 is 26.4. The fraction of sp³-hybridized carbons (Fsp3) is 0.583. The van der Waals surface area contributed by atoms with Crippen molar-refractivity contribution in [2.24, 2.45) is 5.92 Å². The lowest BCUT2D eigenvalue weighted by molar-refractivity contribution is -0.144. The van der Waals surface area contributed by atoms with Gasteiger partial charge >= 0.3 is 5.97 Å². The number of hydrogen-bond donors (Lipinski definition) is 1. The highest BCUT2D eigenvalue weighted by Crippen LogP contribution is 2.31. The molecule has 5 nitrogen and oxygen atoms in total. The largest absolute Gasteiger partial charge is 0.480 e. The Morgan fingerprint density at radius 2 is 2.16 bits per heavy atom. The third-order valence-electron chi connectivity index (χ3n) is 3.42. The van der Waals surface area contributed by atoms with E-state index in [2.05, 4.69) is 0 Å². The van der Waals surface area contributed by atoms with Gasteiger partial charge in [-0.1, -0.05) is 6.92 Å². The van der Waals surface area contributed by atoms with Gasteiger partial charge in [-0.25, -0.2) is 8.42 Å². The van der Waals surface area contributed by atoms with Gasteiger partial charge in [-0.2, -0.15) is 4.31 Å². The lowest BCUT2D eigenvalue weighted by atomic mass is 9.93. The van der Waals surface area contributed by atoms with Gasteiger partial charge in [0.1, 0.15) is 10.3 Å². The number of aryl methyl sites for hydroxylation is 1. The van der Waals surface area contributed by atoms with Crippen LogP contribution in [0, 0.1) is 12.8 Å². The lowest BCUT2D eigenvalue weighted by Crippen LogP contribution is -2.51. The molecule has 1 aromatic rings. The number of piperidine rings is 1. The zero-order valence-electron chi connectivity index (χ0n) is 10.9. The molecular weight excluding hydrogens is 286 g/mol. The molecule has 0 bridgehead atoms. The first-order valence-corrected chi connectivity index (χ1v) is 8.41. The summed E-state index contributed by atoms with van der Waals surface area (Å²) in [6.45, 7) is 3.90. The van der Waals surface area contributed by atoms with Crippen LogP contribution in [-0.4, -0.2) is 36.4 Å². The van der Waals surface area contributed by atoms with Crippen LogP contribution in [-0.2, 0) is 14.8 Å². The standard InChI is InChI=1S/C12H17NO4S2/c1-8-4-3-7-13(11(8)12(14)15)19(16,17)10-6-5-9(2)18-10/h5-6,8,11H,3-4,7H2,1-2H3,(H,14,15). The molecule has 19 heavy (non-hydrogen) atoms. The van der Waals surface area contributed by atoms with E-state index in [0.29, 0.717) is 6.42 Å². The molecule has 1 aliphatic rings. The number of carbonyl (C=O) groups is 1. The quantitative estimate of drug-likeness (QED) is 0.926. The fourth-order valence-electron chi connectivity index (χ4n) is 2.45. The molecule has 2 rings (SSSR count). The van der Waals surface area contributed by atoms with Crippen LogP contribution < -0.4 is 0 Å². The van der Waals surface area contributed by atoms with E-state index in [1.54, 1.807) is 19.1 Å². The highest BCUT2D eigenvalue weighted by atomic mass is 32.2. The number of nitrogens with zero attached hydrogens (tertiary/aromatic N) is 1. The zero-order chi connectivity index (χ0) is 14.2. The number of aliphatic carboxylic acids is 1. The van der Waals surface area contributed by atoms with Gasteiger partial charge in [0.15, 0.2) is 0 Å². The number of carboxylic acid groups (broad SMARTS) is 1. The average Bonchev–Trinajstić information content (AvgIpc) is 2.75. The van der Waals surface area contributed by atoms with E-state index in [9.17, 15) is 18.3 Å². The molecule has 0 aromatic carbocycles. The van der Waals surface area contributed by atoms with Crippen LogP contribution in [0.1, 0.15) is 24.6 Å². The Balaban J connectivity index is 2.40. The van der Waals surface area contributed by atoms with Crippen molar-refractivity contribution < 1.29 is 18.3 Å². The molecule has 0 aliphatic carbocycles. The zero-order valence-corrected chi connectivity index (χ0v) is 12.5. The van der Waals surface area contributed by atoms with Gasteiger partial charge in [0, 0.05) is 11.4 Å². The van der Waals surface area contributed by atoms with Crippen molar-refractivity contribution in [2.75, 3.05) is 6.54 Å². The molecule has 1 saturated heterocycles. The average molecular weight is 303 g/mol. The molecule has 2 heterocycles. The van der Waals surface area contributed by atoms with Crippen LogP contribution >= 0.6 is 11.3 Å². The molecule has 0 amide bonds. The second-order valence-corrected chi connectivity index (χ2v) is 8.29. The first kappa shape index (κ1) is 14.5. The smallest absolute Gasteiger partial charge is 0.322 e. The van der Waals surface area contributed by atoms with Gasteiger partial charge in [0.05, 0.1) is 0 Å². The van der Waals surface area contributed by atoms with Gasteiger partial charge in [0.25, 0.3) is 10.0 Å². The minimum atomic E-state index is -3.70. The summed E-state index contributed by atoms with van der Waals surface area (Å²) in [5.41, 5.74) is 0. The molecule has 0 saturated carbocycles. The van der Waals surface area contributed by atoms with Crippen molar-refractivity contribution in [3.8, 4) is 0 Å². The molecule has 2 unspecified atom stereocenters. The second kappa shape index (κ2) is 5.22. The molecule has 0 spiro atoms. The maximum Gasteiger partial charge on any atom is 0.322 e. The number of carboxylic acids is 1. The van der Waals surface area contributed by atoms with Crippen LogP contribution in [0.5, 0.6) is 0 Å². The Morgan fingerprint density at radius 1 is 1.47 bits per heavy atom. The SMILES string of the molecule is Cc1ccc(S(=O)(=O)N2CCCC(C)C2C(=O)O)s1. The molecule has 1 N–H and O–H groups in total. The van der Waals surface area contributed by atoms with Crippen LogP contribution in [0.2, 0.25) is 0 Å². The molecule has 0 radical (unpaired) electrons. The van der Waals surface area contributed by atoms with Crippen molar-refractivity contribution in [1.29, 1.82) is 0 Å². The topological polar surface area (TPSA) is 74.7 Å². The second-order valence-electron chi connectivity index (χ2n) is 4.88. The van der Waals surface area contributed by atoms with Gasteiger partial charge in [-0.05, 0) is 37.8 Å². The van der Waals surface area contributed by atoms with E-state index < -0.39 is 22.0 Å². The molecule has 106 valence electrons. The van der Waals surface area contributed by atoms with Crippen molar-refractivity contribution in [3.63, 3.8) is 0 Å². The Morgan fingerprint density at radius 3 is 2.68 bits per heavy atom. The third-order valence-corrected chi connectivity index (χ3v) is 6.77. The summed E-state index contributed by atoms with van der Waals surface area (Å²) in [6, 6.07) is 2.33. The molecular formula is C12H17NO4S2. The van der Waals surface area contributed by atoms with Crippen LogP contribution in [0.25, 0.3) is 0 Å². The van der Waals surface area contributed by atoms with Gasteiger partial charge < -0.3 is 5.11 Å². The predicted molar refractivity (Wildman–Crippen MR) is 72.8 cm³/mol. The normalized spacial score (nSPS) is 25.4. The van der Waals surface area contributed by atoms with Gasteiger partial charge in [-0.3, -0.25) is 4.79 Å². The minimum absolute atomic E-state index is 0.165. The Bertz CT molecular complexity index is 578. The summed E-state index contributed by atoms with van der Waals surface area (Å²) >= 11 is 1.18. The fourth-order valence-corrected chi connectivity index (χ4v) is 5.58. The number of rotatable bonds is 3. The lowest BCUT2D eigenvalue weighted by Gasteiger charge is -2.35. The minimum Gasteiger partial charge on any atom is -0.480 e. The summed E-state index contributed by atoms with van der Waals surface area (Å²) in [4.78, 5) is 12.3. The Labute approximate surface area is 116 Å². The molecule has 1 aliphatic heterocycles. The number of sulfonamides is 1. The van der Waals surface area contributed by atoms with Gasteiger partial charge in [-0.15, -0.1) is 11.3 Å². The highest BCUT2D eigenvalue weighted by molar-refractivity contribution is 7.91. The third kappa shape index (κ3) is 2.68. The monoisotopic (exact) mass is 303 g/mol. The maximum atomic E-state index is 12.5. The van der Waals surface area contributed by atoms with Crippen molar-refractivity contribution in [2.45, 2.75) is 36.9 Å². The van der Waals surface area contributed by atoms with E-state index >= 15 is 0 Å². The van der Waals surface area contributed by atoms with E-state index in [0.717, 1.165) is 15.6 Å². The Hall–Kier alpha value is -0.920. The van der Waals surface area contributed by atoms with Crippen LogP contribution in [0.4, 0.5) is 0 Å². The summed E-state index contributed by atoms with van der Waals surface area (Å²) in [7, 11) is -3.70. The van der Waals surface area contributed by atoms with E-state index in [4.69, 9.17) is 0 Å². The highest BCUT2D eigenvalue weighted by Gasteiger charge is 2.41. The number of thiophene rings is 1. The molecule has 1 aromatic heterocycles. The predicted octanol–water partition coefficient (Wildman–Crippen LogP) is 1.93. The maximum absolute atomic E-state index is 12.5. The van der Waals surface area contributed by atoms with Crippen molar-refractivity contribution in [1.82, 2.24) is 4.31 Å². The van der Waals surface area contributed by atoms with Crippen molar-refractivity contribution >= 4 is 27.3 Å². The van der Waals surface area contributed by atoms with E-state index in [-0.39, 0.29) is 16.7 Å². The van der Waals surface area contributed by atoms with E-state index in [1.807, 2.05) is 6.92 Å². The van der Waals surface area contributed by atoms with Crippen molar-refractivity contribution in [3.05, 3.63) is 17.0 Å². The summed E-state index contributed by atoms with van der Waals surface area (Å²) in [5.74, 6) is -1.23. The van der Waals surface area contributed by atoms with Crippen LogP contribution in [0.3, 0.4) is 0 Å². The Kier molecular flexibility index (Phi) is 3.98. The molecule has 7 heteroatoms. The van der Waals surface area contributed by atoms with Crippen LogP contribution in [0.15, 0.2) is 16.3 Å². The van der Waals surface area contributed by atoms with Gasteiger partial charge in [0.2, 0.25) is 0 Å². The first-order valence-electron chi connectivity index (χ1n) is 6.15. The summed E-state index contributed by atoms with van der Waals surface area (Å²) in [6.07, 6.45) is 1.45. The summed E-state index contributed by atoms with van der Waals surface area (Å²) in [5, 5.41) is 9.29. The first-order chi connectivity index (χ1) is 8.84. The molecule has 1 fully saturated rings. The van der Waals surface area contributed by atoms with E-state index in [1.165, 1.54) is 11.3 Å².